The minimum Gasteiger partial charge on any atom is -0.354 e. The van der Waals surface area contributed by atoms with Crippen molar-refractivity contribution in [1.29, 1.82) is 0 Å². The molecular weight excluding hydrogens is 350 g/mol. The molecule has 0 aromatic heterocycles. The quantitative estimate of drug-likeness (QED) is 0.774. The van der Waals surface area contributed by atoms with E-state index in [9.17, 15) is 9.59 Å². The summed E-state index contributed by atoms with van der Waals surface area (Å²) in [6.45, 7) is 4.06. The predicted molar refractivity (Wildman–Crippen MR) is 112 cm³/mol. The van der Waals surface area contributed by atoms with Gasteiger partial charge in [0.25, 0.3) is 0 Å². The molecule has 5 nitrogen and oxygen atoms in total. The molecule has 148 valence electrons. The number of anilines is 1. The van der Waals surface area contributed by atoms with E-state index in [2.05, 4.69) is 27.7 Å². The van der Waals surface area contributed by atoms with Crippen LogP contribution < -0.4 is 10.6 Å². The zero-order valence-electron chi connectivity index (χ0n) is 16.5. The van der Waals surface area contributed by atoms with Crippen molar-refractivity contribution in [2.75, 3.05) is 18.4 Å². The average molecular weight is 380 g/mol. The zero-order chi connectivity index (χ0) is 19.8. The normalized spacial score (nSPS) is 17.1. The average Bonchev–Trinajstić information content (AvgIpc) is 2.69. The molecule has 2 amide bonds. The summed E-state index contributed by atoms with van der Waals surface area (Å²) in [5.74, 6) is -0.0605. The van der Waals surface area contributed by atoms with Gasteiger partial charge in [-0.3, -0.25) is 14.5 Å². The number of hydrogen-bond donors (Lipinski definition) is 2. The molecule has 0 saturated carbocycles. The van der Waals surface area contributed by atoms with Crippen LogP contribution in [0, 0.1) is 6.92 Å². The van der Waals surface area contributed by atoms with Gasteiger partial charge in [-0.05, 0) is 49.6 Å². The number of aryl methyl sites for hydroxylation is 1. The topological polar surface area (TPSA) is 61.4 Å². The van der Waals surface area contributed by atoms with Crippen LogP contribution in [0.25, 0.3) is 0 Å². The number of hydrogen-bond acceptors (Lipinski definition) is 3. The summed E-state index contributed by atoms with van der Waals surface area (Å²) in [7, 11) is 0. The maximum atomic E-state index is 12.7. The zero-order valence-corrected chi connectivity index (χ0v) is 16.5. The third-order valence-corrected chi connectivity index (χ3v) is 5.10. The van der Waals surface area contributed by atoms with Crippen LogP contribution in [0.15, 0.2) is 54.6 Å². The highest BCUT2D eigenvalue weighted by Crippen LogP contribution is 2.20. The van der Waals surface area contributed by atoms with Gasteiger partial charge in [0, 0.05) is 25.2 Å². The number of nitrogens with zero attached hydrogens (tertiary/aromatic N) is 1. The lowest BCUT2D eigenvalue weighted by Gasteiger charge is -2.34. The highest BCUT2D eigenvalue weighted by Gasteiger charge is 2.28. The van der Waals surface area contributed by atoms with Crippen molar-refractivity contribution in [2.45, 2.75) is 45.2 Å². The fraction of sp³-hybridized carbons (Fsp3) is 0.391. The number of piperidine rings is 1. The van der Waals surface area contributed by atoms with Crippen LogP contribution in [0.2, 0.25) is 0 Å². The Hall–Kier alpha value is -2.66. The SMILES string of the molecule is Cc1cccc(NC(=O)CCNC(=O)C2CCCCN2Cc2ccccc2)c1. The molecule has 5 heteroatoms. The van der Waals surface area contributed by atoms with Gasteiger partial charge >= 0.3 is 0 Å². The highest BCUT2D eigenvalue weighted by molar-refractivity contribution is 5.91. The molecule has 2 aromatic rings. The summed E-state index contributed by atoms with van der Waals surface area (Å²) < 4.78 is 0. The summed E-state index contributed by atoms with van der Waals surface area (Å²) >= 11 is 0. The van der Waals surface area contributed by atoms with Crippen molar-refractivity contribution in [1.82, 2.24) is 10.2 Å². The van der Waals surface area contributed by atoms with Gasteiger partial charge in [0.2, 0.25) is 11.8 Å². The Bertz CT molecular complexity index is 791. The predicted octanol–water partition coefficient (Wildman–Crippen LogP) is 3.49. The Morgan fingerprint density at radius 3 is 2.68 bits per heavy atom. The molecule has 1 atom stereocenters. The number of rotatable bonds is 7. The molecule has 0 aliphatic carbocycles. The molecule has 28 heavy (non-hydrogen) atoms. The van der Waals surface area contributed by atoms with Gasteiger partial charge < -0.3 is 10.6 Å². The number of carbonyl (C=O) groups excluding carboxylic acids is 2. The Balaban J connectivity index is 1.46. The van der Waals surface area contributed by atoms with Gasteiger partial charge in [0.1, 0.15) is 0 Å². The van der Waals surface area contributed by atoms with Crippen LogP contribution in [-0.4, -0.2) is 35.8 Å². The van der Waals surface area contributed by atoms with Crippen LogP contribution in [0.5, 0.6) is 0 Å². The Morgan fingerprint density at radius 2 is 1.89 bits per heavy atom. The number of amides is 2. The Kier molecular flexibility index (Phi) is 7.20. The van der Waals surface area contributed by atoms with E-state index >= 15 is 0 Å². The molecule has 0 spiro atoms. The monoisotopic (exact) mass is 379 g/mol. The number of benzene rings is 2. The third-order valence-electron chi connectivity index (χ3n) is 5.10. The minimum absolute atomic E-state index is 0.0268. The number of likely N-dealkylation sites (tertiary alicyclic amines) is 1. The summed E-state index contributed by atoms with van der Waals surface area (Å²) in [6.07, 6.45) is 3.33. The third kappa shape index (κ3) is 5.92. The van der Waals surface area contributed by atoms with Gasteiger partial charge in [-0.15, -0.1) is 0 Å². The first kappa shape index (κ1) is 20.1. The first-order chi connectivity index (χ1) is 13.6. The van der Waals surface area contributed by atoms with Gasteiger partial charge in [0.05, 0.1) is 6.04 Å². The van der Waals surface area contributed by atoms with Crippen molar-refractivity contribution < 1.29 is 9.59 Å². The van der Waals surface area contributed by atoms with E-state index in [1.165, 1.54) is 5.56 Å². The molecule has 2 N–H and O–H groups in total. The van der Waals surface area contributed by atoms with Crippen LogP contribution in [0.3, 0.4) is 0 Å². The lowest BCUT2D eigenvalue weighted by atomic mass is 10.0. The molecule has 1 unspecified atom stereocenters. The van der Waals surface area contributed by atoms with E-state index in [1.54, 1.807) is 0 Å². The molecule has 3 rings (SSSR count). The molecule has 1 aliphatic heterocycles. The van der Waals surface area contributed by atoms with Crippen molar-refractivity contribution in [3.63, 3.8) is 0 Å². The molecule has 0 radical (unpaired) electrons. The van der Waals surface area contributed by atoms with Crippen molar-refractivity contribution in [2.24, 2.45) is 0 Å². The largest absolute Gasteiger partial charge is 0.354 e. The van der Waals surface area contributed by atoms with Gasteiger partial charge in [0.15, 0.2) is 0 Å². The maximum Gasteiger partial charge on any atom is 0.237 e. The highest BCUT2D eigenvalue weighted by atomic mass is 16.2. The first-order valence-corrected chi connectivity index (χ1v) is 10.0. The lowest BCUT2D eigenvalue weighted by Crippen LogP contribution is -2.49. The van der Waals surface area contributed by atoms with Crippen LogP contribution in [-0.2, 0) is 16.1 Å². The minimum atomic E-state index is -0.117. The van der Waals surface area contributed by atoms with Crippen molar-refractivity contribution in [3.05, 3.63) is 65.7 Å². The Morgan fingerprint density at radius 1 is 1.07 bits per heavy atom. The molecule has 1 aliphatic rings. The van der Waals surface area contributed by atoms with Crippen molar-refractivity contribution in [3.8, 4) is 0 Å². The summed E-state index contributed by atoms with van der Waals surface area (Å²) in [4.78, 5) is 27.1. The van der Waals surface area contributed by atoms with Crippen LogP contribution in [0.4, 0.5) is 5.69 Å². The second kappa shape index (κ2) is 10.0. The lowest BCUT2D eigenvalue weighted by molar-refractivity contribution is -0.128. The van der Waals surface area contributed by atoms with E-state index in [4.69, 9.17) is 0 Å². The van der Waals surface area contributed by atoms with Gasteiger partial charge in [-0.1, -0.05) is 48.9 Å². The molecule has 0 bridgehead atoms. The Labute approximate surface area is 167 Å². The smallest absolute Gasteiger partial charge is 0.237 e. The van der Waals surface area contributed by atoms with Gasteiger partial charge in [-0.25, -0.2) is 0 Å². The maximum absolute atomic E-state index is 12.7. The summed E-state index contributed by atoms with van der Waals surface area (Å²) in [5, 5.41) is 5.83. The summed E-state index contributed by atoms with van der Waals surface area (Å²) in [6, 6.07) is 17.8. The van der Waals surface area contributed by atoms with Crippen molar-refractivity contribution >= 4 is 17.5 Å². The second-order valence-electron chi connectivity index (χ2n) is 7.43. The molecule has 1 saturated heterocycles. The standard InChI is InChI=1S/C23H29N3O2/c1-18-8-7-11-20(16-18)25-22(27)13-14-24-23(28)21-12-5-6-15-26(21)17-19-9-3-2-4-10-19/h2-4,7-11,16,21H,5-6,12-15,17H2,1H3,(H,24,28)(H,25,27). The summed E-state index contributed by atoms with van der Waals surface area (Å²) in [5.41, 5.74) is 3.11. The van der Waals surface area contributed by atoms with E-state index in [1.807, 2.05) is 49.4 Å². The molecule has 1 fully saturated rings. The fourth-order valence-corrected chi connectivity index (χ4v) is 3.66. The van der Waals surface area contributed by atoms with E-state index in [0.29, 0.717) is 6.54 Å². The van der Waals surface area contributed by atoms with E-state index in [-0.39, 0.29) is 24.3 Å². The molecule has 2 aromatic carbocycles. The number of nitrogens with one attached hydrogen (secondary N) is 2. The van der Waals surface area contributed by atoms with Crippen LogP contribution in [0.1, 0.15) is 36.8 Å². The van der Waals surface area contributed by atoms with Crippen LogP contribution >= 0.6 is 0 Å². The van der Waals surface area contributed by atoms with E-state index < -0.39 is 0 Å². The molecule has 1 heterocycles. The first-order valence-electron chi connectivity index (χ1n) is 10.0. The van der Waals surface area contributed by atoms with E-state index in [0.717, 1.165) is 43.6 Å². The molecular formula is C23H29N3O2. The number of carbonyl (C=O) groups is 2. The fourth-order valence-electron chi connectivity index (χ4n) is 3.66. The second-order valence-corrected chi connectivity index (χ2v) is 7.43. The van der Waals surface area contributed by atoms with Gasteiger partial charge in [-0.2, -0.15) is 0 Å².